The molecule has 0 radical (unpaired) electrons. The summed E-state index contributed by atoms with van der Waals surface area (Å²) in [5.41, 5.74) is 0. The van der Waals surface area contributed by atoms with Gasteiger partial charge in [-0.25, -0.2) is 0 Å². The summed E-state index contributed by atoms with van der Waals surface area (Å²) in [5.74, 6) is 0. The first-order valence-electron chi connectivity index (χ1n) is 20.2. The molecule has 0 aliphatic rings. The van der Waals surface area contributed by atoms with Crippen molar-refractivity contribution in [3.8, 4) is 0 Å². The van der Waals surface area contributed by atoms with Gasteiger partial charge in [0.25, 0.3) is 0 Å². The van der Waals surface area contributed by atoms with Crippen LogP contribution in [0.25, 0.3) is 0 Å². The van der Waals surface area contributed by atoms with Gasteiger partial charge < -0.3 is 0 Å². The maximum absolute atomic E-state index is 2.28. The maximum atomic E-state index is 2.28. The minimum atomic E-state index is 0. The quantitative estimate of drug-likeness (QED) is 0.0830. The molecule has 0 unspecified atom stereocenters. The normalized spacial score (nSPS) is 8.73. The molecule has 0 aromatic heterocycles. The Kier molecular flexibility index (Phi) is 136. The first-order valence-corrected chi connectivity index (χ1v) is 20.2. The molecule has 0 aromatic rings. The van der Waals surface area contributed by atoms with Gasteiger partial charge in [0.1, 0.15) is 0 Å². The van der Waals surface area contributed by atoms with Crippen molar-refractivity contribution in [3.63, 3.8) is 0 Å². The highest BCUT2D eigenvalue weighted by Gasteiger charge is 1.91. The zero-order chi connectivity index (χ0) is 32.5. The molecule has 0 aliphatic heterocycles. The zero-order valence-corrected chi connectivity index (χ0v) is 32.5. The van der Waals surface area contributed by atoms with E-state index in [0.29, 0.717) is 0 Å². The number of hydrogen-bond donors (Lipinski definition) is 0. The Morgan fingerprint density at radius 1 is 0.159 bits per heavy atom. The van der Waals surface area contributed by atoms with E-state index in [1.165, 1.54) is 186 Å². The van der Waals surface area contributed by atoms with Crippen molar-refractivity contribution in [1.29, 1.82) is 0 Å². The highest BCUT2D eigenvalue weighted by atomic mass is 14.0. The van der Waals surface area contributed by atoms with Crippen LogP contribution in [0.1, 0.15) is 292 Å². The molecule has 0 saturated heterocycles. The number of unbranched alkanes of at least 4 members (excludes halogenated alkanes) is 26. The molecular formula is C44H106. The van der Waals surface area contributed by atoms with Crippen LogP contribution in [-0.4, -0.2) is 0 Å². The molecule has 0 amide bonds. The van der Waals surface area contributed by atoms with Crippen LogP contribution in [0.2, 0.25) is 0 Å². The van der Waals surface area contributed by atoms with Crippen molar-refractivity contribution in [3.05, 3.63) is 0 Å². The first-order chi connectivity index (χ1) is 20.2. The van der Waals surface area contributed by atoms with E-state index in [1.54, 1.807) is 0 Å². The van der Waals surface area contributed by atoms with Crippen LogP contribution in [-0.2, 0) is 0 Å². The Morgan fingerprint density at radius 3 is 0.295 bits per heavy atom. The Balaban J connectivity index is -0.0000000531. The van der Waals surface area contributed by atoms with Gasteiger partial charge in [-0.05, 0) is 0 Å². The Morgan fingerprint density at radius 2 is 0.227 bits per heavy atom. The molecule has 44 heavy (non-hydrogen) atoms. The summed E-state index contributed by atoms with van der Waals surface area (Å²) >= 11 is 0. The summed E-state index contributed by atoms with van der Waals surface area (Å²) < 4.78 is 0. The third-order valence-corrected chi connectivity index (χ3v) is 7.12. The van der Waals surface area contributed by atoms with Gasteiger partial charge in [-0.1, -0.05) is 292 Å². The average Bonchev–Trinajstić information content (AvgIpc) is 3.03. The predicted molar refractivity (Wildman–Crippen MR) is 222 cm³/mol. The predicted octanol–water partition coefficient (Wildman–Crippen LogP) is 19.4. The molecule has 0 N–H and O–H groups in total. The summed E-state index contributed by atoms with van der Waals surface area (Å²) in [4.78, 5) is 0. The fourth-order valence-electron chi connectivity index (χ4n) is 4.51. The lowest BCUT2D eigenvalue weighted by atomic mass is 10.1. The first kappa shape index (κ1) is 66.4. The van der Waals surface area contributed by atoms with Gasteiger partial charge in [0, 0.05) is 0 Å². The molecule has 0 fully saturated rings. The fraction of sp³-hybridized carbons (Fsp3) is 1.00. The summed E-state index contributed by atoms with van der Waals surface area (Å²) in [6, 6.07) is 0. The highest BCUT2D eigenvalue weighted by molar-refractivity contribution is 4.47. The molecule has 0 heteroatoms. The van der Waals surface area contributed by atoms with E-state index in [0.717, 1.165) is 0 Å². The van der Waals surface area contributed by atoms with E-state index >= 15 is 0 Å². The van der Waals surface area contributed by atoms with Crippen LogP contribution in [0.5, 0.6) is 0 Å². The summed E-state index contributed by atoms with van der Waals surface area (Å²) in [7, 11) is 0. The van der Waals surface area contributed by atoms with E-state index in [4.69, 9.17) is 0 Å². The van der Waals surface area contributed by atoms with Crippen molar-refractivity contribution in [1.82, 2.24) is 0 Å². The van der Waals surface area contributed by atoms with Crippen LogP contribution in [0.15, 0.2) is 0 Å². The molecule has 0 atom stereocenters. The molecule has 0 heterocycles. The molecule has 0 bridgehead atoms. The second kappa shape index (κ2) is 90.2. The molecule has 0 aromatic carbocycles. The lowest BCUT2D eigenvalue weighted by Gasteiger charge is -1.99. The number of hydrogen-bond acceptors (Lipinski definition) is 0. The van der Waals surface area contributed by atoms with Gasteiger partial charge in [-0.15, -0.1) is 0 Å². The minimum Gasteiger partial charge on any atom is -0.0776 e. The van der Waals surface area contributed by atoms with E-state index < -0.39 is 0 Å². The fourth-order valence-corrected chi connectivity index (χ4v) is 4.51. The van der Waals surface area contributed by atoms with Crippen LogP contribution in [0.3, 0.4) is 0 Å². The van der Waals surface area contributed by atoms with Gasteiger partial charge in [0.05, 0.1) is 0 Å². The van der Waals surface area contributed by atoms with Crippen molar-refractivity contribution in [2.75, 3.05) is 0 Å². The molecule has 282 valence electrons. The van der Waals surface area contributed by atoms with Crippen molar-refractivity contribution in [2.24, 2.45) is 0 Å². The second-order valence-corrected chi connectivity index (χ2v) is 11.1. The average molecular weight is 635 g/mol. The lowest BCUT2D eigenvalue weighted by Crippen LogP contribution is -1.80. The molecular weight excluding hydrogens is 528 g/mol. The van der Waals surface area contributed by atoms with Crippen LogP contribution in [0, 0.1) is 0 Å². The molecule has 0 saturated carbocycles. The molecule has 0 rings (SSSR count). The van der Waals surface area contributed by atoms with Gasteiger partial charge in [-0.3, -0.25) is 0 Å². The van der Waals surface area contributed by atoms with Crippen molar-refractivity contribution in [2.45, 2.75) is 292 Å². The maximum Gasteiger partial charge on any atom is -0.0533 e. The third kappa shape index (κ3) is 104. The van der Waals surface area contributed by atoms with Crippen LogP contribution < -0.4 is 0 Å². The Bertz CT molecular complexity index is 234. The lowest BCUT2D eigenvalue weighted by molar-refractivity contribution is 0.562. The Hall–Kier alpha value is 0. The largest absolute Gasteiger partial charge is 0.0776 e. The molecule has 0 aliphatic carbocycles. The summed E-state index contributed by atoms with van der Waals surface area (Å²) in [6.07, 6.45) is 41.8. The van der Waals surface area contributed by atoms with Crippen molar-refractivity contribution >= 4 is 0 Å². The van der Waals surface area contributed by atoms with Gasteiger partial charge >= 0.3 is 0 Å². The zero-order valence-electron chi connectivity index (χ0n) is 32.5. The van der Waals surface area contributed by atoms with Gasteiger partial charge in [0.15, 0.2) is 0 Å². The standard InChI is InChI=1S/2C12H26.C11H24.3C2H6.3CH4/c2*1-3-5-7-9-11-12-10-8-6-4-2;1-3-5-7-9-11-10-8-6-4-2;3*1-2;;;/h2*3-12H2,1-2H3;3-11H2,1-2H3;3*1-2H3;3*1H4. The minimum absolute atomic E-state index is 0. The van der Waals surface area contributed by atoms with E-state index in [1.807, 2.05) is 41.5 Å². The van der Waals surface area contributed by atoms with Crippen molar-refractivity contribution < 1.29 is 0 Å². The van der Waals surface area contributed by atoms with Crippen LogP contribution in [0.4, 0.5) is 0 Å². The monoisotopic (exact) mass is 635 g/mol. The third-order valence-electron chi connectivity index (χ3n) is 7.12. The highest BCUT2D eigenvalue weighted by Crippen LogP contribution is 2.11. The van der Waals surface area contributed by atoms with Gasteiger partial charge in [0.2, 0.25) is 0 Å². The molecule has 0 spiro atoms. The second-order valence-electron chi connectivity index (χ2n) is 11.1. The smallest absolute Gasteiger partial charge is 0.0533 e. The summed E-state index contributed by atoms with van der Waals surface area (Å²) in [6.45, 7) is 25.7. The number of rotatable bonds is 26. The van der Waals surface area contributed by atoms with Crippen LogP contribution >= 0.6 is 0 Å². The molecule has 0 nitrogen and oxygen atoms in total. The SMILES string of the molecule is C.C.C.CC.CC.CC.CCCCCCCCCCC.CCCCCCCCCCCC.CCCCCCCCCCCC. The van der Waals surface area contributed by atoms with Gasteiger partial charge in [-0.2, -0.15) is 0 Å². The van der Waals surface area contributed by atoms with E-state index in [-0.39, 0.29) is 22.3 Å². The topological polar surface area (TPSA) is 0 Å². The summed E-state index contributed by atoms with van der Waals surface area (Å²) in [5, 5.41) is 0. The van der Waals surface area contributed by atoms with E-state index in [9.17, 15) is 0 Å². The Labute approximate surface area is 290 Å². The van der Waals surface area contributed by atoms with E-state index in [2.05, 4.69) is 41.5 Å².